The molecule has 162 valence electrons. The Bertz CT molecular complexity index is 850. The summed E-state index contributed by atoms with van der Waals surface area (Å²) in [7, 11) is 0. The molecule has 2 saturated heterocycles. The Labute approximate surface area is 181 Å². The molecule has 2 aliphatic rings. The van der Waals surface area contributed by atoms with Gasteiger partial charge in [-0.15, -0.1) is 0 Å². The molecule has 1 aromatic rings. The number of likely N-dealkylation sites (tertiary alicyclic amines) is 2. The van der Waals surface area contributed by atoms with Crippen LogP contribution in [0.2, 0.25) is 5.15 Å². The van der Waals surface area contributed by atoms with Crippen LogP contribution in [0.1, 0.15) is 46.5 Å². The zero-order chi connectivity index (χ0) is 21.9. The SMILES string of the molecule is CC(C)(C)OC(=O)N1CCC[C@]1(COc1cccnc1Cl)C(=O)N1CCC[C@H]1C#N. The van der Waals surface area contributed by atoms with E-state index in [-0.39, 0.29) is 17.7 Å². The van der Waals surface area contributed by atoms with Gasteiger partial charge in [-0.25, -0.2) is 9.78 Å². The summed E-state index contributed by atoms with van der Waals surface area (Å²) in [6.07, 6.45) is 3.39. The van der Waals surface area contributed by atoms with E-state index in [1.54, 1.807) is 44.0 Å². The highest BCUT2D eigenvalue weighted by molar-refractivity contribution is 6.30. The van der Waals surface area contributed by atoms with E-state index in [0.29, 0.717) is 38.1 Å². The molecular weight excluding hydrogens is 408 g/mol. The topological polar surface area (TPSA) is 95.8 Å². The van der Waals surface area contributed by atoms with Gasteiger partial charge in [0.05, 0.1) is 6.07 Å². The number of halogens is 1. The predicted octanol–water partition coefficient (Wildman–Crippen LogP) is 3.40. The first-order chi connectivity index (χ1) is 14.2. The molecule has 0 spiro atoms. The monoisotopic (exact) mass is 434 g/mol. The fraction of sp³-hybridized carbons (Fsp3) is 0.619. The Balaban J connectivity index is 1.93. The van der Waals surface area contributed by atoms with Crippen LogP contribution in [0, 0.1) is 11.3 Å². The fourth-order valence-corrected chi connectivity index (χ4v) is 4.16. The van der Waals surface area contributed by atoms with Crippen LogP contribution in [0.3, 0.4) is 0 Å². The lowest BCUT2D eigenvalue weighted by Crippen LogP contribution is -2.62. The largest absolute Gasteiger partial charge is 0.487 e. The maximum Gasteiger partial charge on any atom is 0.411 e. The number of amides is 2. The minimum absolute atomic E-state index is 0.0921. The van der Waals surface area contributed by atoms with Gasteiger partial charge in [0.25, 0.3) is 5.91 Å². The van der Waals surface area contributed by atoms with Gasteiger partial charge < -0.3 is 14.4 Å². The minimum atomic E-state index is -1.26. The number of hydrogen-bond acceptors (Lipinski definition) is 6. The first-order valence-electron chi connectivity index (χ1n) is 10.1. The van der Waals surface area contributed by atoms with Crippen molar-refractivity contribution in [1.82, 2.24) is 14.8 Å². The van der Waals surface area contributed by atoms with E-state index in [1.807, 2.05) is 0 Å². The first-order valence-corrected chi connectivity index (χ1v) is 10.5. The van der Waals surface area contributed by atoms with Crippen LogP contribution in [-0.2, 0) is 9.53 Å². The number of hydrogen-bond donors (Lipinski definition) is 0. The number of ether oxygens (including phenoxy) is 2. The third-order valence-electron chi connectivity index (χ3n) is 5.35. The van der Waals surface area contributed by atoms with Gasteiger partial charge in [0, 0.05) is 19.3 Å². The highest BCUT2D eigenvalue weighted by atomic mass is 35.5. The second kappa shape index (κ2) is 8.68. The lowest BCUT2D eigenvalue weighted by Gasteiger charge is -2.40. The van der Waals surface area contributed by atoms with Crippen LogP contribution < -0.4 is 4.74 Å². The molecule has 0 aromatic carbocycles. The molecule has 2 amide bonds. The molecule has 0 radical (unpaired) electrons. The third-order valence-corrected chi connectivity index (χ3v) is 5.64. The highest BCUT2D eigenvalue weighted by Gasteiger charge is 2.54. The molecule has 2 fully saturated rings. The van der Waals surface area contributed by atoms with Crippen LogP contribution >= 0.6 is 11.6 Å². The van der Waals surface area contributed by atoms with E-state index in [4.69, 9.17) is 21.1 Å². The summed E-state index contributed by atoms with van der Waals surface area (Å²) < 4.78 is 11.5. The van der Waals surface area contributed by atoms with Gasteiger partial charge in [0.2, 0.25) is 0 Å². The zero-order valence-electron chi connectivity index (χ0n) is 17.6. The summed E-state index contributed by atoms with van der Waals surface area (Å²) >= 11 is 6.11. The van der Waals surface area contributed by atoms with Crippen molar-refractivity contribution >= 4 is 23.6 Å². The molecule has 9 heteroatoms. The van der Waals surface area contributed by atoms with Crippen LogP contribution in [0.5, 0.6) is 5.75 Å². The van der Waals surface area contributed by atoms with Crippen LogP contribution in [0.15, 0.2) is 18.3 Å². The summed E-state index contributed by atoms with van der Waals surface area (Å²) in [5, 5.41) is 9.66. The molecule has 0 aliphatic carbocycles. The Hall–Kier alpha value is -2.53. The number of rotatable bonds is 4. The lowest BCUT2D eigenvalue weighted by atomic mass is 9.94. The van der Waals surface area contributed by atoms with E-state index in [9.17, 15) is 14.9 Å². The number of nitrogens with zero attached hydrogens (tertiary/aromatic N) is 4. The van der Waals surface area contributed by atoms with Crippen molar-refractivity contribution in [3.8, 4) is 11.8 Å². The Kier molecular flexibility index (Phi) is 6.41. The third kappa shape index (κ3) is 4.46. The molecule has 8 nitrogen and oxygen atoms in total. The van der Waals surface area contributed by atoms with Crippen LogP contribution in [-0.4, -0.2) is 63.7 Å². The highest BCUT2D eigenvalue weighted by Crippen LogP contribution is 2.36. The van der Waals surface area contributed by atoms with Crippen molar-refractivity contribution < 1.29 is 19.1 Å². The van der Waals surface area contributed by atoms with Gasteiger partial charge in [-0.3, -0.25) is 9.69 Å². The normalized spacial score (nSPS) is 23.9. The van der Waals surface area contributed by atoms with E-state index < -0.39 is 23.3 Å². The van der Waals surface area contributed by atoms with Gasteiger partial charge in [-0.1, -0.05) is 11.6 Å². The minimum Gasteiger partial charge on any atom is -0.487 e. The first kappa shape index (κ1) is 22.2. The van der Waals surface area contributed by atoms with E-state index in [1.165, 1.54) is 4.90 Å². The van der Waals surface area contributed by atoms with Gasteiger partial charge in [0.15, 0.2) is 16.4 Å². The lowest BCUT2D eigenvalue weighted by molar-refractivity contribution is -0.144. The number of carbonyl (C=O) groups excluding carboxylic acids is 2. The predicted molar refractivity (Wildman–Crippen MR) is 110 cm³/mol. The second-order valence-corrected chi connectivity index (χ2v) is 8.99. The van der Waals surface area contributed by atoms with E-state index >= 15 is 0 Å². The Morgan fingerprint density at radius 1 is 1.37 bits per heavy atom. The maximum absolute atomic E-state index is 13.7. The van der Waals surface area contributed by atoms with Gasteiger partial charge >= 0.3 is 6.09 Å². The summed E-state index contributed by atoms with van der Waals surface area (Å²) in [5.41, 5.74) is -1.97. The van der Waals surface area contributed by atoms with Crippen molar-refractivity contribution in [3.63, 3.8) is 0 Å². The summed E-state index contributed by atoms with van der Waals surface area (Å²) in [6.45, 7) is 6.10. The summed E-state index contributed by atoms with van der Waals surface area (Å²) in [4.78, 5) is 33.7. The molecule has 0 saturated carbocycles. The average molecular weight is 435 g/mol. The average Bonchev–Trinajstić information content (AvgIpc) is 3.33. The molecule has 0 unspecified atom stereocenters. The van der Waals surface area contributed by atoms with E-state index in [0.717, 1.165) is 6.42 Å². The molecule has 0 bridgehead atoms. The number of carbonyl (C=O) groups is 2. The molecule has 0 N–H and O–H groups in total. The Morgan fingerprint density at radius 3 is 2.80 bits per heavy atom. The zero-order valence-corrected chi connectivity index (χ0v) is 18.3. The molecule has 30 heavy (non-hydrogen) atoms. The number of nitriles is 1. The smallest absolute Gasteiger partial charge is 0.411 e. The molecule has 1 aromatic heterocycles. The number of pyridine rings is 1. The fourth-order valence-electron chi connectivity index (χ4n) is 3.98. The summed E-state index contributed by atoms with van der Waals surface area (Å²) in [5.74, 6) is 0.0514. The summed E-state index contributed by atoms with van der Waals surface area (Å²) in [6, 6.07) is 5.04. The molecular formula is C21H27ClN4O4. The Morgan fingerprint density at radius 2 is 2.13 bits per heavy atom. The van der Waals surface area contributed by atoms with E-state index in [2.05, 4.69) is 11.1 Å². The molecule has 3 rings (SSSR count). The van der Waals surface area contributed by atoms with Gasteiger partial charge in [-0.05, 0) is 58.6 Å². The quantitative estimate of drug-likeness (QED) is 0.674. The number of aromatic nitrogens is 1. The van der Waals surface area contributed by atoms with Gasteiger partial charge in [-0.2, -0.15) is 5.26 Å². The van der Waals surface area contributed by atoms with Crippen molar-refractivity contribution in [2.24, 2.45) is 0 Å². The maximum atomic E-state index is 13.7. The van der Waals surface area contributed by atoms with Gasteiger partial charge in [0.1, 0.15) is 18.2 Å². The second-order valence-electron chi connectivity index (χ2n) is 8.63. The van der Waals surface area contributed by atoms with Crippen molar-refractivity contribution in [3.05, 3.63) is 23.5 Å². The molecule has 3 heterocycles. The standard InChI is InChI=1S/C21H27ClN4O4/c1-20(2,3)30-19(28)26-12-6-9-21(26,14-29-16-8-4-10-24-17(16)22)18(27)25-11-5-7-15(25)13-23/h4,8,10,15H,5-7,9,11-12,14H2,1-3H3/t15-,21-/m0/s1. The van der Waals surface area contributed by atoms with Crippen molar-refractivity contribution in [2.75, 3.05) is 19.7 Å². The van der Waals surface area contributed by atoms with Crippen molar-refractivity contribution in [2.45, 2.75) is 63.6 Å². The molecule has 2 atom stereocenters. The van der Waals surface area contributed by atoms with Crippen LogP contribution in [0.4, 0.5) is 4.79 Å². The van der Waals surface area contributed by atoms with Crippen molar-refractivity contribution in [1.29, 1.82) is 5.26 Å². The van der Waals surface area contributed by atoms with Crippen LogP contribution in [0.25, 0.3) is 0 Å². The molecule has 2 aliphatic heterocycles.